The number of hydrogen-bond acceptors (Lipinski definition) is 4. The van der Waals surface area contributed by atoms with E-state index in [2.05, 4.69) is 18.3 Å². The van der Waals surface area contributed by atoms with Gasteiger partial charge in [0.25, 0.3) is 0 Å². The summed E-state index contributed by atoms with van der Waals surface area (Å²) in [6.45, 7) is 4.85. The summed E-state index contributed by atoms with van der Waals surface area (Å²) >= 11 is 0. The maximum Gasteiger partial charge on any atom is 0.176 e. The minimum absolute atomic E-state index is 0.188. The molecule has 0 spiro atoms. The molecule has 0 radical (unpaired) electrons. The zero-order valence-corrected chi connectivity index (χ0v) is 12.0. The standard InChI is InChI=1S/C16H21NO3/c1-11(17-9-12-6-7-19-10-12)15-8-13-4-3-5-14(18-2)16(13)20-15/h3-5,8,11-12,17H,6-7,9-10H2,1-2H3. The van der Waals surface area contributed by atoms with Gasteiger partial charge in [0.15, 0.2) is 11.3 Å². The van der Waals surface area contributed by atoms with Crippen molar-refractivity contribution in [3.63, 3.8) is 0 Å². The van der Waals surface area contributed by atoms with E-state index < -0.39 is 0 Å². The van der Waals surface area contributed by atoms with Gasteiger partial charge in [0.2, 0.25) is 0 Å². The first-order chi connectivity index (χ1) is 9.78. The Morgan fingerprint density at radius 1 is 1.45 bits per heavy atom. The first kappa shape index (κ1) is 13.5. The number of benzene rings is 1. The third-order valence-electron chi connectivity index (χ3n) is 3.91. The van der Waals surface area contributed by atoms with Gasteiger partial charge in [-0.3, -0.25) is 0 Å². The quantitative estimate of drug-likeness (QED) is 0.910. The van der Waals surface area contributed by atoms with Crippen molar-refractivity contribution in [2.24, 2.45) is 5.92 Å². The van der Waals surface area contributed by atoms with Gasteiger partial charge < -0.3 is 19.2 Å². The Labute approximate surface area is 119 Å². The first-order valence-electron chi connectivity index (χ1n) is 7.15. The Morgan fingerprint density at radius 3 is 3.10 bits per heavy atom. The second kappa shape index (κ2) is 5.85. The highest BCUT2D eigenvalue weighted by molar-refractivity contribution is 5.83. The predicted octanol–water partition coefficient (Wildman–Crippen LogP) is 3.13. The molecule has 4 nitrogen and oxygen atoms in total. The van der Waals surface area contributed by atoms with Gasteiger partial charge in [0, 0.05) is 18.5 Å². The highest BCUT2D eigenvalue weighted by Crippen LogP contribution is 2.30. The van der Waals surface area contributed by atoms with Crippen molar-refractivity contribution >= 4 is 11.0 Å². The lowest BCUT2D eigenvalue weighted by Crippen LogP contribution is -2.25. The van der Waals surface area contributed by atoms with Crippen LogP contribution >= 0.6 is 0 Å². The Bertz CT molecular complexity index is 572. The summed E-state index contributed by atoms with van der Waals surface area (Å²) in [5.74, 6) is 2.35. The van der Waals surface area contributed by atoms with Gasteiger partial charge >= 0.3 is 0 Å². The van der Waals surface area contributed by atoms with Crippen molar-refractivity contribution in [1.82, 2.24) is 5.32 Å². The molecule has 1 aliphatic rings. The van der Waals surface area contributed by atoms with Gasteiger partial charge in [-0.15, -0.1) is 0 Å². The van der Waals surface area contributed by atoms with Crippen LogP contribution in [0.2, 0.25) is 0 Å². The molecule has 0 bridgehead atoms. The molecule has 1 N–H and O–H groups in total. The van der Waals surface area contributed by atoms with Crippen LogP contribution in [0.5, 0.6) is 5.75 Å². The molecule has 1 fully saturated rings. The Hall–Kier alpha value is -1.52. The van der Waals surface area contributed by atoms with Crippen LogP contribution in [0.25, 0.3) is 11.0 Å². The molecule has 0 saturated carbocycles. The summed E-state index contributed by atoms with van der Waals surface area (Å²) in [7, 11) is 1.67. The summed E-state index contributed by atoms with van der Waals surface area (Å²) in [6.07, 6.45) is 1.15. The van der Waals surface area contributed by atoms with Crippen LogP contribution in [0, 0.1) is 5.92 Å². The van der Waals surface area contributed by atoms with Crippen LogP contribution in [-0.2, 0) is 4.74 Å². The van der Waals surface area contributed by atoms with E-state index in [0.29, 0.717) is 5.92 Å². The van der Waals surface area contributed by atoms with Crippen molar-refractivity contribution in [3.05, 3.63) is 30.0 Å². The van der Waals surface area contributed by atoms with Gasteiger partial charge in [0.05, 0.1) is 19.8 Å². The van der Waals surface area contributed by atoms with Gasteiger partial charge in [-0.1, -0.05) is 12.1 Å². The van der Waals surface area contributed by atoms with Gasteiger partial charge in [0.1, 0.15) is 5.76 Å². The molecule has 1 saturated heterocycles. The second-order valence-corrected chi connectivity index (χ2v) is 5.39. The maximum atomic E-state index is 5.95. The molecule has 1 aromatic heterocycles. The van der Waals surface area contributed by atoms with Gasteiger partial charge in [-0.05, 0) is 31.4 Å². The first-order valence-corrected chi connectivity index (χ1v) is 7.15. The van der Waals surface area contributed by atoms with Crippen molar-refractivity contribution in [2.45, 2.75) is 19.4 Å². The molecule has 20 heavy (non-hydrogen) atoms. The SMILES string of the molecule is COc1cccc2cc(C(C)NCC3CCOC3)oc12. The van der Waals surface area contributed by atoms with Crippen LogP contribution in [0.3, 0.4) is 0 Å². The summed E-state index contributed by atoms with van der Waals surface area (Å²) < 4.78 is 16.7. The highest BCUT2D eigenvalue weighted by atomic mass is 16.5. The number of fused-ring (bicyclic) bond motifs is 1. The van der Waals surface area contributed by atoms with E-state index >= 15 is 0 Å². The zero-order chi connectivity index (χ0) is 13.9. The monoisotopic (exact) mass is 275 g/mol. The number of nitrogens with one attached hydrogen (secondary N) is 1. The molecule has 1 aromatic carbocycles. The summed E-state index contributed by atoms with van der Waals surface area (Å²) in [5, 5.41) is 4.61. The minimum Gasteiger partial charge on any atom is -0.493 e. The summed E-state index contributed by atoms with van der Waals surface area (Å²) in [5.41, 5.74) is 0.822. The van der Waals surface area contributed by atoms with E-state index in [-0.39, 0.29) is 6.04 Å². The number of ether oxygens (including phenoxy) is 2. The predicted molar refractivity (Wildman–Crippen MR) is 78.1 cm³/mol. The number of furan rings is 1. The van der Waals surface area contributed by atoms with E-state index in [0.717, 1.165) is 48.7 Å². The fourth-order valence-corrected chi connectivity index (χ4v) is 2.62. The third-order valence-corrected chi connectivity index (χ3v) is 3.91. The van der Waals surface area contributed by atoms with Crippen molar-refractivity contribution in [2.75, 3.05) is 26.9 Å². The van der Waals surface area contributed by atoms with Crippen LogP contribution in [-0.4, -0.2) is 26.9 Å². The van der Waals surface area contributed by atoms with Crippen LogP contribution in [0.15, 0.2) is 28.7 Å². The normalized spacial score (nSPS) is 20.4. The van der Waals surface area contributed by atoms with Crippen LogP contribution in [0.4, 0.5) is 0 Å². The molecule has 0 amide bonds. The van der Waals surface area contributed by atoms with E-state index in [1.165, 1.54) is 0 Å². The number of methoxy groups -OCH3 is 1. The van der Waals surface area contributed by atoms with Gasteiger partial charge in [-0.25, -0.2) is 0 Å². The van der Waals surface area contributed by atoms with E-state index in [1.54, 1.807) is 7.11 Å². The topological polar surface area (TPSA) is 43.6 Å². The lowest BCUT2D eigenvalue weighted by atomic mass is 10.1. The summed E-state index contributed by atoms with van der Waals surface area (Å²) in [6, 6.07) is 8.22. The average molecular weight is 275 g/mol. The fraction of sp³-hybridized carbons (Fsp3) is 0.500. The van der Waals surface area contributed by atoms with Crippen molar-refractivity contribution in [3.8, 4) is 5.75 Å². The maximum absolute atomic E-state index is 5.95. The molecular weight excluding hydrogens is 254 g/mol. The molecule has 3 rings (SSSR count). The Morgan fingerprint density at radius 2 is 2.35 bits per heavy atom. The summed E-state index contributed by atoms with van der Waals surface area (Å²) in [4.78, 5) is 0. The fourth-order valence-electron chi connectivity index (χ4n) is 2.62. The van der Waals surface area contributed by atoms with E-state index in [1.807, 2.05) is 18.2 Å². The molecule has 2 unspecified atom stereocenters. The molecule has 108 valence electrons. The minimum atomic E-state index is 0.188. The average Bonchev–Trinajstić information content (AvgIpc) is 3.12. The third kappa shape index (κ3) is 2.67. The largest absolute Gasteiger partial charge is 0.493 e. The number of hydrogen-bond donors (Lipinski definition) is 1. The lowest BCUT2D eigenvalue weighted by molar-refractivity contribution is 0.184. The van der Waals surface area contributed by atoms with Crippen molar-refractivity contribution in [1.29, 1.82) is 0 Å². The van der Waals surface area contributed by atoms with Crippen LogP contribution in [0.1, 0.15) is 25.1 Å². The molecule has 2 atom stereocenters. The molecular formula is C16H21NO3. The van der Waals surface area contributed by atoms with Gasteiger partial charge in [-0.2, -0.15) is 0 Å². The molecule has 1 aliphatic heterocycles. The zero-order valence-electron chi connectivity index (χ0n) is 12.0. The Kier molecular flexibility index (Phi) is 3.94. The van der Waals surface area contributed by atoms with Crippen LogP contribution < -0.4 is 10.1 Å². The molecule has 4 heteroatoms. The molecule has 2 aromatic rings. The highest BCUT2D eigenvalue weighted by Gasteiger charge is 2.18. The molecule has 2 heterocycles. The lowest BCUT2D eigenvalue weighted by Gasteiger charge is -2.14. The Balaban J connectivity index is 1.72. The second-order valence-electron chi connectivity index (χ2n) is 5.39. The van der Waals surface area contributed by atoms with Crippen molar-refractivity contribution < 1.29 is 13.9 Å². The smallest absolute Gasteiger partial charge is 0.176 e. The number of rotatable bonds is 5. The van der Waals surface area contributed by atoms with E-state index in [9.17, 15) is 0 Å². The number of para-hydroxylation sites is 1. The van der Waals surface area contributed by atoms with E-state index in [4.69, 9.17) is 13.9 Å². The molecule has 0 aliphatic carbocycles.